The Morgan fingerprint density at radius 3 is 1.46 bits per heavy atom. The van der Waals surface area contributed by atoms with Gasteiger partial charge in [-0.3, -0.25) is 0 Å². The van der Waals surface area contributed by atoms with Gasteiger partial charge in [-0.25, -0.2) is 0 Å². The van der Waals surface area contributed by atoms with E-state index in [1.165, 1.54) is 38.6 Å². The molecule has 9 aromatic carbocycles. The molecule has 0 fully saturated rings. The van der Waals surface area contributed by atoms with Crippen molar-refractivity contribution in [1.29, 1.82) is 0 Å². The van der Waals surface area contributed by atoms with Crippen LogP contribution in [0, 0.1) is 0 Å². The van der Waals surface area contributed by atoms with Crippen LogP contribution in [-0.4, -0.2) is 0 Å². The Balaban J connectivity index is 1.07. The lowest BCUT2D eigenvalue weighted by Gasteiger charge is -2.26. The van der Waals surface area contributed by atoms with Gasteiger partial charge < -0.3 is 9.32 Å². The SMILES string of the molecule is c1ccc(-c2ccc(N(c3ccccc3)c3ccc(-c4ccccc4-c4ccccc4-c4cc5ccccc5c5c4oc4ccccc45)cc3)cc2)cc1. The molecule has 2 heteroatoms. The normalized spacial score (nSPS) is 11.3. The summed E-state index contributed by atoms with van der Waals surface area (Å²) in [6, 6.07) is 75.7. The molecule has 0 spiro atoms. The van der Waals surface area contributed by atoms with E-state index in [9.17, 15) is 0 Å². The van der Waals surface area contributed by atoms with Gasteiger partial charge in [-0.05, 0) is 98.2 Å². The molecule has 2 nitrogen and oxygen atoms in total. The van der Waals surface area contributed by atoms with Gasteiger partial charge in [0.25, 0.3) is 0 Å². The van der Waals surface area contributed by atoms with Crippen LogP contribution < -0.4 is 4.90 Å². The highest BCUT2D eigenvalue weighted by atomic mass is 16.3. The molecule has 0 saturated carbocycles. The largest absolute Gasteiger partial charge is 0.455 e. The molecule has 54 heavy (non-hydrogen) atoms. The van der Waals surface area contributed by atoms with E-state index in [0.717, 1.165) is 55.7 Å². The Hall–Kier alpha value is -7.16. The molecule has 10 rings (SSSR count). The molecule has 0 atom stereocenters. The summed E-state index contributed by atoms with van der Waals surface area (Å²) in [5.74, 6) is 0. The molecule has 1 heterocycles. The van der Waals surface area contributed by atoms with Gasteiger partial charge in [0.15, 0.2) is 0 Å². The van der Waals surface area contributed by atoms with Crippen LogP contribution >= 0.6 is 0 Å². The monoisotopic (exact) mass is 689 g/mol. The van der Waals surface area contributed by atoms with Crippen molar-refractivity contribution in [3.05, 3.63) is 212 Å². The number of hydrogen-bond donors (Lipinski definition) is 0. The highest BCUT2D eigenvalue weighted by molar-refractivity contribution is 6.23. The van der Waals surface area contributed by atoms with Gasteiger partial charge in [0.1, 0.15) is 11.2 Å². The minimum atomic E-state index is 0.903. The van der Waals surface area contributed by atoms with Gasteiger partial charge in [0.05, 0.1) is 0 Å². The van der Waals surface area contributed by atoms with Crippen LogP contribution in [0.15, 0.2) is 217 Å². The fraction of sp³-hybridized carbons (Fsp3) is 0. The van der Waals surface area contributed by atoms with E-state index in [1.807, 2.05) is 6.07 Å². The van der Waals surface area contributed by atoms with Crippen LogP contribution in [0.4, 0.5) is 17.1 Å². The maximum Gasteiger partial charge on any atom is 0.143 e. The molecule has 0 N–H and O–H groups in total. The first-order valence-electron chi connectivity index (χ1n) is 18.4. The summed E-state index contributed by atoms with van der Waals surface area (Å²) in [7, 11) is 0. The molecular weight excluding hydrogens is 655 g/mol. The first-order chi connectivity index (χ1) is 26.8. The van der Waals surface area contributed by atoms with E-state index in [0.29, 0.717) is 0 Å². The fourth-order valence-corrected chi connectivity index (χ4v) is 7.94. The van der Waals surface area contributed by atoms with Crippen molar-refractivity contribution in [2.75, 3.05) is 4.90 Å². The van der Waals surface area contributed by atoms with Crippen LogP contribution in [0.2, 0.25) is 0 Å². The summed E-state index contributed by atoms with van der Waals surface area (Å²) in [4.78, 5) is 2.32. The van der Waals surface area contributed by atoms with Crippen molar-refractivity contribution in [2.45, 2.75) is 0 Å². The lowest BCUT2D eigenvalue weighted by atomic mass is 9.88. The predicted molar refractivity (Wildman–Crippen MR) is 228 cm³/mol. The summed E-state index contributed by atoms with van der Waals surface area (Å²) in [6.45, 7) is 0. The van der Waals surface area contributed by atoms with Gasteiger partial charge in [-0.1, -0.05) is 164 Å². The zero-order valence-corrected chi connectivity index (χ0v) is 29.6. The lowest BCUT2D eigenvalue weighted by molar-refractivity contribution is 0.670. The zero-order valence-electron chi connectivity index (χ0n) is 29.6. The second-order valence-electron chi connectivity index (χ2n) is 13.7. The standard InChI is InChI=1S/C52H35NO/c1-3-15-36(16-4-1)37-27-31-41(32-28-37)53(40-18-5-2-6-19-40)42-33-29-38(30-34-42)43-20-9-10-22-45(43)46-23-11-12-24-47(46)49-35-39-17-7-8-21-44(39)51-48-25-13-14-26-50(48)54-52(49)51/h1-35H. The van der Waals surface area contributed by atoms with Gasteiger partial charge in [0.2, 0.25) is 0 Å². The van der Waals surface area contributed by atoms with Crippen LogP contribution in [-0.2, 0) is 0 Å². The number of para-hydroxylation sites is 2. The summed E-state index contributed by atoms with van der Waals surface area (Å²) in [5.41, 5.74) is 14.5. The average Bonchev–Trinajstić information content (AvgIpc) is 3.65. The molecule has 0 aliphatic heterocycles. The topological polar surface area (TPSA) is 16.4 Å². The number of furan rings is 1. The number of rotatable bonds is 7. The molecule has 10 aromatic rings. The molecule has 0 saturated heterocycles. The van der Waals surface area contributed by atoms with Gasteiger partial charge in [-0.2, -0.15) is 0 Å². The Labute approximate surface area is 314 Å². The highest BCUT2D eigenvalue weighted by Gasteiger charge is 2.20. The van der Waals surface area contributed by atoms with Crippen molar-refractivity contribution >= 4 is 49.8 Å². The molecular formula is C52H35NO. The number of anilines is 3. The Bertz CT molecular complexity index is 2910. The number of nitrogens with zero attached hydrogens (tertiary/aromatic N) is 1. The third-order valence-corrected chi connectivity index (χ3v) is 10.5. The van der Waals surface area contributed by atoms with E-state index in [2.05, 4.69) is 211 Å². The maximum atomic E-state index is 6.68. The van der Waals surface area contributed by atoms with Crippen molar-refractivity contribution < 1.29 is 4.42 Å². The van der Waals surface area contributed by atoms with E-state index >= 15 is 0 Å². The quantitative estimate of drug-likeness (QED) is 0.166. The average molecular weight is 690 g/mol. The molecule has 0 aliphatic carbocycles. The van der Waals surface area contributed by atoms with Crippen molar-refractivity contribution in [3.8, 4) is 44.5 Å². The van der Waals surface area contributed by atoms with Crippen LogP contribution in [0.1, 0.15) is 0 Å². The predicted octanol–water partition coefficient (Wildman–Crippen LogP) is 14.9. The van der Waals surface area contributed by atoms with Crippen LogP contribution in [0.3, 0.4) is 0 Å². The lowest BCUT2D eigenvalue weighted by Crippen LogP contribution is -2.09. The van der Waals surface area contributed by atoms with Crippen LogP contribution in [0.25, 0.3) is 77.2 Å². The van der Waals surface area contributed by atoms with E-state index in [-0.39, 0.29) is 0 Å². The summed E-state index contributed by atoms with van der Waals surface area (Å²) in [5, 5.41) is 4.70. The van der Waals surface area contributed by atoms with E-state index in [1.54, 1.807) is 0 Å². The number of benzene rings is 9. The second-order valence-corrected chi connectivity index (χ2v) is 13.7. The van der Waals surface area contributed by atoms with E-state index < -0.39 is 0 Å². The fourth-order valence-electron chi connectivity index (χ4n) is 7.94. The molecule has 1 aromatic heterocycles. The minimum Gasteiger partial charge on any atom is -0.455 e. The molecule has 0 unspecified atom stereocenters. The zero-order chi connectivity index (χ0) is 35.8. The molecule has 0 bridgehead atoms. The summed E-state index contributed by atoms with van der Waals surface area (Å²) >= 11 is 0. The van der Waals surface area contributed by atoms with Crippen LogP contribution in [0.5, 0.6) is 0 Å². The molecule has 0 amide bonds. The highest BCUT2D eigenvalue weighted by Crippen LogP contribution is 2.45. The third-order valence-electron chi connectivity index (χ3n) is 10.5. The third kappa shape index (κ3) is 5.53. The minimum absolute atomic E-state index is 0.903. The second kappa shape index (κ2) is 13.4. The smallest absolute Gasteiger partial charge is 0.143 e. The Kier molecular flexibility index (Phi) is 7.85. The number of fused-ring (bicyclic) bond motifs is 5. The summed E-state index contributed by atoms with van der Waals surface area (Å²) < 4.78 is 6.68. The number of hydrogen-bond acceptors (Lipinski definition) is 2. The van der Waals surface area contributed by atoms with Crippen molar-refractivity contribution in [2.24, 2.45) is 0 Å². The van der Waals surface area contributed by atoms with Gasteiger partial charge in [0, 0.05) is 33.4 Å². The maximum absolute atomic E-state index is 6.68. The van der Waals surface area contributed by atoms with E-state index in [4.69, 9.17) is 4.42 Å². The van der Waals surface area contributed by atoms with Gasteiger partial charge >= 0.3 is 0 Å². The molecule has 0 aliphatic rings. The molecule has 254 valence electrons. The first kappa shape index (κ1) is 31.6. The first-order valence-corrected chi connectivity index (χ1v) is 18.4. The Morgan fingerprint density at radius 2 is 0.778 bits per heavy atom. The van der Waals surface area contributed by atoms with Gasteiger partial charge in [-0.15, -0.1) is 0 Å². The summed E-state index contributed by atoms with van der Waals surface area (Å²) in [6.07, 6.45) is 0. The Morgan fingerprint density at radius 1 is 0.315 bits per heavy atom. The molecule has 0 radical (unpaired) electrons. The van der Waals surface area contributed by atoms with Crippen molar-refractivity contribution in [3.63, 3.8) is 0 Å². The van der Waals surface area contributed by atoms with Crippen molar-refractivity contribution in [1.82, 2.24) is 0 Å².